The van der Waals surface area contributed by atoms with Crippen LogP contribution in [0.3, 0.4) is 0 Å². The Balaban J connectivity index is 2.51. The van der Waals surface area contributed by atoms with E-state index < -0.39 is 0 Å². The van der Waals surface area contributed by atoms with Gasteiger partial charge in [-0.3, -0.25) is 9.69 Å². The maximum absolute atomic E-state index is 11.3. The molecule has 0 aromatic rings. The highest BCUT2D eigenvalue weighted by Gasteiger charge is 2.25. The van der Waals surface area contributed by atoms with Crippen LogP contribution in [-0.2, 0) is 9.53 Å². The lowest BCUT2D eigenvalue weighted by molar-refractivity contribution is -0.132. The number of hydrogen-bond donors (Lipinski definition) is 0. The lowest BCUT2D eigenvalue weighted by Crippen LogP contribution is -2.48. The van der Waals surface area contributed by atoms with E-state index in [1.165, 1.54) is 6.08 Å². The van der Waals surface area contributed by atoms with E-state index in [4.69, 9.17) is 4.74 Å². The molecule has 0 N–H and O–H groups in total. The first kappa shape index (κ1) is 10.4. The zero-order valence-electron chi connectivity index (χ0n) is 8.32. The van der Waals surface area contributed by atoms with Crippen molar-refractivity contribution < 1.29 is 9.53 Å². The molecule has 1 fully saturated rings. The number of ether oxygens (including phenoxy) is 1. The summed E-state index contributed by atoms with van der Waals surface area (Å²) >= 11 is 0. The molecule has 1 aliphatic heterocycles. The zero-order chi connectivity index (χ0) is 9.84. The molecule has 0 bridgehead atoms. The average Bonchev–Trinajstić information content (AvgIpc) is 2.17. The second-order valence-corrected chi connectivity index (χ2v) is 3.55. The summed E-state index contributed by atoms with van der Waals surface area (Å²) in [6, 6.07) is 0.476. The molecular formula is C10H17NO2. The first-order valence-electron chi connectivity index (χ1n) is 4.67. The summed E-state index contributed by atoms with van der Waals surface area (Å²) in [5.41, 5.74) is 0. The number of ketones is 1. The van der Waals surface area contributed by atoms with Crippen molar-refractivity contribution in [3.8, 4) is 0 Å². The Bertz CT molecular complexity index is 201. The van der Waals surface area contributed by atoms with Gasteiger partial charge >= 0.3 is 0 Å². The van der Waals surface area contributed by atoms with Crippen LogP contribution in [0.2, 0.25) is 0 Å². The molecule has 0 spiro atoms. The smallest absolute Gasteiger partial charge is 0.185 e. The highest BCUT2D eigenvalue weighted by atomic mass is 16.5. The Hall–Kier alpha value is -0.670. The van der Waals surface area contributed by atoms with E-state index in [1.807, 2.05) is 0 Å². The molecule has 0 saturated carbocycles. The van der Waals surface area contributed by atoms with Gasteiger partial charge in [0.05, 0.1) is 6.61 Å². The summed E-state index contributed by atoms with van der Waals surface area (Å²) in [5.74, 6) is -0.00894. The predicted molar refractivity (Wildman–Crippen MR) is 51.7 cm³/mol. The molecule has 0 amide bonds. The van der Waals surface area contributed by atoms with E-state index in [2.05, 4.69) is 25.3 Å². The van der Waals surface area contributed by atoms with Gasteiger partial charge in [0.1, 0.15) is 6.10 Å². The van der Waals surface area contributed by atoms with Crippen molar-refractivity contribution in [3.63, 3.8) is 0 Å². The lowest BCUT2D eigenvalue weighted by atomic mass is 10.1. The Morgan fingerprint density at radius 2 is 2.38 bits per heavy atom. The highest BCUT2D eigenvalue weighted by molar-refractivity contribution is 5.93. The van der Waals surface area contributed by atoms with Gasteiger partial charge in [0, 0.05) is 19.1 Å². The number of rotatable bonds is 3. The van der Waals surface area contributed by atoms with Gasteiger partial charge in [0.2, 0.25) is 0 Å². The van der Waals surface area contributed by atoms with Crippen LogP contribution in [0, 0.1) is 0 Å². The molecule has 0 radical (unpaired) electrons. The number of morpholine rings is 1. The van der Waals surface area contributed by atoms with Crippen LogP contribution >= 0.6 is 0 Å². The van der Waals surface area contributed by atoms with Crippen LogP contribution < -0.4 is 0 Å². The van der Waals surface area contributed by atoms with Gasteiger partial charge in [0.25, 0.3) is 0 Å². The van der Waals surface area contributed by atoms with Gasteiger partial charge in [-0.05, 0) is 19.9 Å². The Morgan fingerprint density at radius 1 is 1.69 bits per heavy atom. The fourth-order valence-corrected chi connectivity index (χ4v) is 1.44. The van der Waals surface area contributed by atoms with Gasteiger partial charge in [-0.2, -0.15) is 0 Å². The van der Waals surface area contributed by atoms with Crippen molar-refractivity contribution >= 4 is 5.78 Å². The third-order valence-corrected chi connectivity index (χ3v) is 2.35. The predicted octanol–water partition coefficient (Wildman–Crippen LogP) is 0.851. The number of nitrogens with zero attached hydrogens (tertiary/aromatic N) is 1. The normalized spacial score (nSPS) is 24.7. The lowest BCUT2D eigenvalue weighted by Gasteiger charge is -2.34. The van der Waals surface area contributed by atoms with Crippen LogP contribution in [0.15, 0.2) is 12.7 Å². The highest BCUT2D eigenvalue weighted by Crippen LogP contribution is 2.09. The van der Waals surface area contributed by atoms with Crippen molar-refractivity contribution in [2.75, 3.05) is 19.7 Å². The standard InChI is InChI=1S/C10H17NO2/c1-4-9(12)10-7-11(8(2)3)5-6-13-10/h4,8,10H,1,5-7H2,2-3H3. The first-order chi connectivity index (χ1) is 6.15. The average molecular weight is 183 g/mol. The molecule has 1 heterocycles. The Morgan fingerprint density at radius 3 is 2.92 bits per heavy atom. The molecule has 3 nitrogen and oxygen atoms in total. The van der Waals surface area contributed by atoms with Crippen LogP contribution in [0.25, 0.3) is 0 Å². The van der Waals surface area contributed by atoms with Crippen molar-refractivity contribution in [2.45, 2.75) is 26.0 Å². The molecule has 13 heavy (non-hydrogen) atoms. The van der Waals surface area contributed by atoms with Crippen molar-refractivity contribution in [3.05, 3.63) is 12.7 Å². The molecule has 1 aliphatic rings. The molecule has 1 rings (SSSR count). The maximum Gasteiger partial charge on any atom is 0.185 e. The van der Waals surface area contributed by atoms with Gasteiger partial charge < -0.3 is 4.74 Å². The topological polar surface area (TPSA) is 29.5 Å². The summed E-state index contributed by atoms with van der Waals surface area (Å²) in [6.45, 7) is 9.96. The third-order valence-electron chi connectivity index (χ3n) is 2.35. The molecule has 1 unspecified atom stereocenters. The summed E-state index contributed by atoms with van der Waals surface area (Å²) < 4.78 is 5.35. The Kier molecular flexibility index (Phi) is 3.63. The second kappa shape index (κ2) is 4.53. The zero-order valence-corrected chi connectivity index (χ0v) is 8.32. The van der Waals surface area contributed by atoms with E-state index in [0.29, 0.717) is 19.2 Å². The Labute approximate surface area is 79.4 Å². The molecule has 1 saturated heterocycles. The van der Waals surface area contributed by atoms with E-state index in [-0.39, 0.29) is 11.9 Å². The molecule has 0 aliphatic carbocycles. The summed E-state index contributed by atoms with van der Waals surface area (Å²) in [6.07, 6.45) is 1.04. The number of hydrogen-bond acceptors (Lipinski definition) is 3. The number of carbonyl (C=O) groups excluding carboxylic acids is 1. The molecular weight excluding hydrogens is 166 g/mol. The van der Waals surface area contributed by atoms with Crippen LogP contribution in [0.5, 0.6) is 0 Å². The first-order valence-corrected chi connectivity index (χ1v) is 4.67. The van der Waals surface area contributed by atoms with Gasteiger partial charge in [-0.1, -0.05) is 6.58 Å². The maximum atomic E-state index is 11.3. The minimum atomic E-state index is -0.298. The monoisotopic (exact) mass is 183 g/mol. The number of carbonyl (C=O) groups is 1. The van der Waals surface area contributed by atoms with E-state index in [9.17, 15) is 4.79 Å². The van der Waals surface area contributed by atoms with Gasteiger partial charge in [-0.25, -0.2) is 0 Å². The van der Waals surface area contributed by atoms with E-state index in [1.54, 1.807) is 0 Å². The third kappa shape index (κ3) is 2.64. The second-order valence-electron chi connectivity index (χ2n) is 3.55. The quantitative estimate of drug-likeness (QED) is 0.607. The molecule has 1 atom stereocenters. The summed E-state index contributed by atoms with van der Waals surface area (Å²) in [5, 5.41) is 0. The SMILES string of the molecule is C=CC(=O)C1CN(C(C)C)CCO1. The fourth-order valence-electron chi connectivity index (χ4n) is 1.44. The largest absolute Gasteiger partial charge is 0.367 e. The van der Waals surface area contributed by atoms with Crippen LogP contribution in [0.1, 0.15) is 13.8 Å². The minimum absolute atomic E-state index is 0.00894. The summed E-state index contributed by atoms with van der Waals surface area (Å²) in [4.78, 5) is 13.5. The van der Waals surface area contributed by atoms with Crippen LogP contribution in [0.4, 0.5) is 0 Å². The molecule has 0 aromatic heterocycles. The van der Waals surface area contributed by atoms with Gasteiger partial charge in [-0.15, -0.1) is 0 Å². The van der Waals surface area contributed by atoms with Crippen molar-refractivity contribution in [2.24, 2.45) is 0 Å². The fraction of sp³-hybridized carbons (Fsp3) is 0.700. The molecule has 74 valence electrons. The van der Waals surface area contributed by atoms with Gasteiger partial charge in [0.15, 0.2) is 5.78 Å². The van der Waals surface area contributed by atoms with E-state index in [0.717, 1.165) is 6.54 Å². The molecule has 3 heteroatoms. The minimum Gasteiger partial charge on any atom is -0.367 e. The van der Waals surface area contributed by atoms with Crippen molar-refractivity contribution in [1.29, 1.82) is 0 Å². The molecule has 0 aromatic carbocycles. The summed E-state index contributed by atoms with van der Waals surface area (Å²) in [7, 11) is 0. The van der Waals surface area contributed by atoms with Crippen molar-refractivity contribution in [1.82, 2.24) is 4.90 Å². The van der Waals surface area contributed by atoms with Crippen LogP contribution in [-0.4, -0.2) is 42.5 Å². The van der Waals surface area contributed by atoms with E-state index >= 15 is 0 Å².